The van der Waals surface area contributed by atoms with E-state index in [1.807, 2.05) is 6.07 Å². The number of carbonyl (C=O) groups excluding carboxylic acids is 1. The Bertz CT molecular complexity index is 877. The van der Waals surface area contributed by atoms with Crippen LogP contribution in [0.1, 0.15) is 35.7 Å². The molecule has 28 heavy (non-hydrogen) atoms. The van der Waals surface area contributed by atoms with Gasteiger partial charge >= 0.3 is 0 Å². The molecule has 1 aliphatic rings. The van der Waals surface area contributed by atoms with Crippen molar-refractivity contribution < 1.29 is 28.8 Å². The maximum Gasteiger partial charge on any atom is 0.203 e. The minimum Gasteiger partial charge on any atom is -0.504 e. The normalized spacial score (nSPS) is 19.6. The van der Waals surface area contributed by atoms with Gasteiger partial charge in [-0.3, -0.25) is 4.79 Å². The molecule has 2 unspecified atom stereocenters. The summed E-state index contributed by atoms with van der Waals surface area (Å²) in [5, 5.41) is 10.1. The predicted octanol–water partition coefficient (Wildman–Crippen LogP) is 4.05. The molecule has 0 spiro atoms. The summed E-state index contributed by atoms with van der Waals surface area (Å²) in [5.74, 6) is 1.61. The van der Waals surface area contributed by atoms with Crippen molar-refractivity contribution in [3.05, 3.63) is 41.5 Å². The van der Waals surface area contributed by atoms with Gasteiger partial charge in [0.25, 0.3) is 0 Å². The maximum absolute atomic E-state index is 13.3. The SMILES string of the molecule is COc1ccc(C2C(C(=O)c3cc(OC)c(OC)c(OC)c3)C2(C)C)cc1O. The van der Waals surface area contributed by atoms with Crippen molar-refractivity contribution in [1.29, 1.82) is 0 Å². The van der Waals surface area contributed by atoms with E-state index in [0.717, 1.165) is 5.56 Å². The van der Waals surface area contributed by atoms with Gasteiger partial charge in [-0.05, 0) is 35.2 Å². The van der Waals surface area contributed by atoms with E-state index in [-0.39, 0.29) is 28.8 Å². The summed E-state index contributed by atoms with van der Waals surface area (Å²) >= 11 is 0. The Morgan fingerprint density at radius 1 is 0.893 bits per heavy atom. The lowest BCUT2D eigenvalue weighted by Crippen LogP contribution is -2.08. The highest BCUT2D eigenvalue weighted by molar-refractivity contribution is 6.02. The van der Waals surface area contributed by atoms with Crippen molar-refractivity contribution in [2.45, 2.75) is 19.8 Å². The average molecular weight is 386 g/mol. The van der Waals surface area contributed by atoms with E-state index < -0.39 is 0 Å². The number of phenols is 1. The van der Waals surface area contributed by atoms with Gasteiger partial charge < -0.3 is 24.1 Å². The standard InChI is InChI=1S/C22H26O6/c1-22(2)18(12-7-8-15(25-3)14(23)9-12)19(22)20(24)13-10-16(26-4)21(28-6)17(11-13)27-5/h7-11,18-19,23H,1-6H3. The van der Waals surface area contributed by atoms with Crippen LogP contribution in [0.5, 0.6) is 28.7 Å². The van der Waals surface area contributed by atoms with Crippen LogP contribution in [0, 0.1) is 11.3 Å². The van der Waals surface area contributed by atoms with Gasteiger partial charge in [-0.1, -0.05) is 19.9 Å². The number of methoxy groups -OCH3 is 4. The van der Waals surface area contributed by atoms with Crippen LogP contribution in [0.2, 0.25) is 0 Å². The zero-order valence-electron chi connectivity index (χ0n) is 17.0. The molecule has 2 aromatic carbocycles. The number of benzene rings is 2. The van der Waals surface area contributed by atoms with Crippen LogP contribution in [0.4, 0.5) is 0 Å². The number of phenolic OH excluding ortho intramolecular Hbond substituents is 1. The van der Waals surface area contributed by atoms with Gasteiger partial charge in [0.05, 0.1) is 28.4 Å². The Balaban J connectivity index is 1.96. The molecule has 1 N–H and O–H groups in total. The Morgan fingerprint density at radius 2 is 1.46 bits per heavy atom. The van der Waals surface area contributed by atoms with E-state index in [4.69, 9.17) is 18.9 Å². The van der Waals surface area contributed by atoms with Crippen LogP contribution in [0.3, 0.4) is 0 Å². The molecule has 6 nitrogen and oxygen atoms in total. The predicted molar refractivity (Wildman–Crippen MR) is 105 cm³/mol. The molecule has 1 aliphatic carbocycles. The number of ether oxygens (including phenoxy) is 4. The second-order valence-corrected chi connectivity index (χ2v) is 7.49. The number of ketones is 1. The number of hydrogen-bond acceptors (Lipinski definition) is 6. The van der Waals surface area contributed by atoms with Crippen LogP contribution in [-0.2, 0) is 0 Å². The summed E-state index contributed by atoms with van der Waals surface area (Å²) in [4.78, 5) is 13.3. The molecule has 1 saturated carbocycles. The molecular weight excluding hydrogens is 360 g/mol. The Morgan fingerprint density at radius 3 is 1.93 bits per heavy atom. The van der Waals surface area contributed by atoms with E-state index in [1.165, 1.54) is 28.4 Å². The van der Waals surface area contributed by atoms with Gasteiger partial charge in [-0.2, -0.15) is 0 Å². The number of rotatable bonds is 7. The van der Waals surface area contributed by atoms with Crippen LogP contribution < -0.4 is 18.9 Å². The van der Waals surface area contributed by atoms with Crippen molar-refractivity contribution in [2.24, 2.45) is 11.3 Å². The molecule has 1 fully saturated rings. The van der Waals surface area contributed by atoms with Crippen LogP contribution in [0.25, 0.3) is 0 Å². The van der Waals surface area contributed by atoms with Crippen molar-refractivity contribution in [2.75, 3.05) is 28.4 Å². The zero-order chi connectivity index (χ0) is 20.6. The largest absolute Gasteiger partial charge is 0.504 e. The summed E-state index contributed by atoms with van der Waals surface area (Å²) in [5.41, 5.74) is 1.18. The van der Waals surface area contributed by atoms with Gasteiger partial charge in [0.2, 0.25) is 5.75 Å². The smallest absolute Gasteiger partial charge is 0.203 e. The van der Waals surface area contributed by atoms with Crippen LogP contribution >= 0.6 is 0 Å². The number of Topliss-reactive ketones (excluding diaryl/α,β-unsaturated/α-hetero) is 1. The molecule has 0 aliphatic heterocycles. The van der Waals surface area contributed by atoms with Gasteiger partial charge in [0.15, 0.2) is 28.8 Å². The highest BCUT2D eigenvalue weighted by Gasteiger charge is 2.62. The second kappa shape index (κ2) is 7.26. The first kappa shape index (κ1) is 19.9. The molecule has 0 bridgehead atoms. The minimum absolute atomic E-state index is 0.00380. The molecular formula is C22H26O6. The van der Waals surface area contributed by atoms with E-state index in [1.54, 1.807) is 24.3 Å². The molecule has 3 rings (SSSR count). The van der Waals surface area contributed by atoms with E-state index in [0.29, 0.717) is 28.6 Å². The molecule has 0 aromatic heterocycles. The first-order valence-corrected chi connectivity index (χ1v) is 9.01. The molecule has 2 aromatic rings. The topological polar surface area (TPSA) is 74.2 Å². The van der Waals surface area contributed by atoms with E-state index >= 15 is 0 Å². The average Bonchev–Trinajstić information content (AvgIpc) is 3.27. The number of carbonyl (C=O) groups is 1. The lowest BCUT2D eigenvalue weighted by atomic mass is 10.0. The molecule has 6 heteroatoms. The molecule has 150 valence electrons. The van der Waals surface area contributed by atoms with Crippen LogP contribution in [0.15, 0.2) is 30.3 Å². The molecule has 0 radical (unpaired) electrons. The first-order valence-electron chi connectivity index (χ1n) is 9.01. The fourth-order valence-electron chi connectivity index (χ4n) is 4.05. The van der Waals surface area contributed by atoms with Gasteiger partial charge in [-0.25, -0.2) is 0 Å². The first-order chi connectivity index (χ1) is 13.3. The zero-order valence-corrected chi connectivity index (χ0v) is 17.0. The highest BCUT2D eigenvalue weighted by Crippen LogP contribution is 2.66. The van der Waals surface area contributed by atoms with Crippen molar-refractivity contribution in [3.8, 4) is 28.7 Å². The third-order valence-electron chi connectivity index (χ3n) is 5.62. The summed E-state index contributed by atoms with van der Waals surface area (Å²) in [6.45, 7) is 4.11. The van der Waals surface area contributed by atoms with Gasteiger partial charge in [-0.15, -0.1) is 0 Å². The van der Waals surface area contributed by atoms with Crippen molar-refractivity contribution >= 4 is 5.78 Å². The van der Waals surface area contributed by atoms with Crippen molar-refractivity contribution in [3.63, 3.8) is 0 Å². The molecule has 2 atom stereocenters. The lowest BCUT2D eigenvalue weighted by Gasteiger charge is -2.14. The molecule has 0 saturated heterocycles. The third kappa shape index (κ3) is 3.13. The van der Waals surface area contributed by atoms with Gasteiger partial charge in [0, 0.05) is 17.4 Å². The summed E-state index contributed by atoms with van der Waals surface area (Å²) in [6.07, 6.45) is 0. The lowest BCUT2D eigenvalue weighted by molar-refractivity contribution is 0.0951. The number of aromatic hydroxyl groups is 1. The summed E-state index contributed by atoms with van der Waals surface area (Å²) in [6, 6.07) is 8.66. The Labute approximate surface area is 165 Å². The van der Waals surface area contributed by atoms with Gasteiger partial charge in [0.1, 0.15) is 0 Å². The van der Waals surface area contributed by atoms with Crippen LogP contribution in [-0.4, -0.2) is 39.3 Å². The second-order valence-electron chi connectivity index (χ2n) is 7.49. The minimum atomic E-state index is -0.238. The van der Waals surface area contributed by atoms with E-state index in [9.17, 15) is 9.90 Å². The highest BCUT2D eigenvalue weighted by atomic mass is 16.5. The quantitative estimate of drug-likeness (QED) is 0.724. The molecule has 0 heterocycles. The molecule has 0 amide bonds. The third-order valence-corrected chi connectivity index (χ3v) is 5.62. The maximum atomic E-state index is 13.3. The monoisotopic (exact) mass is 386 g/mol. The van der Waals surface area contributed by atoms with E-state index in [2.05, 4.69) is 13.8 Å². The Hall–Kier alpha value is -2.89. The fourth-order valence-corrected chi connectivity index (χ4v) is 4.05. The summed E-state index contributed by atoms with van der Waals surface area (Å²) < 4.78 is 21.2. The summed E-state index contributed by atoms with van der Waals surface area (Å²) in [7, 11) is 6.08. The number of hydrogen-bond donors (Lipinski definition) is 1. The Kier molecular flexibility index (Phi) is 5.15. The fraction of sp³-hybridized carbons (Fsp3) is 0.409. The van der Waals surface area contributed by atoms with Crippen molar-refractivity contribution in [1.82, 2.24) is 0 Å².